The Kier molecular flexibility index (Phi) is 6.05. The molecule has 0 spiro atoms. The van der Waals surface area contributed by atoms with Crippen molar-refractivity contribution < 1.29 is 18.3 Å². The van der Waals surface area contributed by atoms with Gasteiger partial charge in [-0.1, -0.05) is 19.9 Å². The number of urea groups is 1. The molecule has 0 fully saturated rings. The van der Waals surface area contributed by atoms with Crippen molar-refractivity contribution in [2.45, 2.75) is 26.9 Å². The number of benzene rings is 1. The van der Waals surface area contributed by atoms with E-state index in [4.69, 9.17) is 0 Å². The zero-order valence-electron chi connectivity index (χ0n) is 11.0. The molecule has 0 atom stereocenters. The molecule has 0 bridgehead atoms. The Morgan fingerprint density at radius 1 is 1.37 bits per heavy atom. The standard InChI is InChI=1S/C13H18F2N2O2/c1-9(2)6-7-16-13(18)17-10-4-3-5-11(8-10)19-12(14)15/h3-5,8-9,12H,6-7H2,1-2H3,(H2,16,17,18). The van der Waals surface area contributed by atoms with E-state index >= 15 is 0 Å². The number of anilines is 1. The largest absolute Gasteiger partial charge is 0.435 e. The number of halogens is 2. The van der Waals surface area contributed by atoms with E-state index in [0.717, 1.165) is 6.42 Å². The van der Waals surface area contributed by atoms with Crippen molar-refractivity contribution in [3.63, 3.8) is 0 Å². The molecular weight excluding hydrogens is 254 g/mol. The molecule has 19 heavy (non-hydrogen) atoms. The lowest BCUT2D eigenvalue weighted by atomic mass is 10.1. The molecule has 1 aromatic carbocycles. The fourth-order valence-electron chi connectivity index (χ4n) is 1.40. The first kappa shape index (κ1) is 15.2. The van der Waals surface area contributed by atoms with Crippen LogP contribution in [-0.2, 0) is 0 Å². The molecule has 4 nitrogen and oxygen atoms in total. The summed E-state index contributed by atoms with van der Waals surface area (Å²) in [7, 11) is 0. The van der Waals surface area contributed by atoms with Crippen LogP contribution in [0, 0.1) is 5.92 Å². The van der Waals surface area contributed by atoms with Gasteiger partial charge in [-0.25, -0.2) is 4.79 Å². The minimum Gasteiger partial charge on any atom is -0.435 e. The lowest BCUT2D eigenvalue weighted by Crippen LogP contribution is -2.30. The zero-order valence-corrected chi connectivity index (χ0v) is 11.0. The number of nitrogens with one attached hydrogen (secondary N) is 2. The number of amides is 2. The number of carbonyl (C=O) groups is 1. The first-order valence-corrected chi connectivity index (χ1v) is 6.07. The van der Waals surface area contributed by atoms with Crippen LogP contribution in [0.4, 0.5) is 19.3 Å². The first-order chi connectivity index (χ1) is 8.97. The first-order valence-electron chi connectivity index (χ1n) is 6.07. The summed E-state index contributed by atoms with van der Waals surface area (Å²) in [6, 6.07) is 5.50. The second kappa shape index (κ2) is 7.56. The van der Waals surface area contributed by atoms with Gasteiger partial charge in [-0.15, -0.1) is 0 Å². The smallest absolute Gasteiger partial charge is 0.387 e. The molecule has 1 rings (SSSR count). The highest BCUT2D eigenvalue weighted by molar-refractivity contribution is 5.89. The van der Waals surface area contributed by atoms with E-state index < -0.39 is 6.61 Å². The van der Waals surface area contributed by atoms with Gasteiger partial charge in [0, 0.05) is 18.3 Å². The predicted molar refractivity (Wildman–Crippen MR) is 69.6 cm³/mol. The highest BCUT2D eigenvalue weighted by Crippen LogP contribution is 2.19. The van der Waals surface area contributed by atoms with Gasteiger partial charge in [-0.2, -0.15) is 8.78 Å². The van der Waals surface area contributed by atoms with Gasteiger partial charge < -0.3 is 15.4 Å². The molecule has 0 aliphatic carbocycles. The minimum absolute atomic E-state index is 0.00924. The van der Waals surface area contributed by atoms with E-state index in [1.54, 1.807) is 6.07 Å². The Labute approximate surface area is 111 Å². The van der Waals surface area contributed by atoms with Crippen LogP contribution >= 0.6 is 0 Å². The molecule has 0 unspecified atom stereocenters. The Hall–Kier alpha value is -1.85. The molecule has 6 heteroatoms. The van der Waals surface area contributed by atoms with Crippen LogP contribution in [0.5, 0.6) is 5.75 Å². The van der Waals surface area contributed by atoms with E-state index in [9.17, 15) is 13.6 Å². The van der Waals surface area contributed by atoms with E-state index in [2.05, 4.69) is 29.2 Å². The number of hydrogen-bond acceptors (Lipinski definition) is 2. The molecule has 2 amide bonds. The second-order valence-corrected chi connectivity index (χ2v) is 4.47. The summed E-state index contributed by atoms with van der Waals surface area (Å²) in [5.41, 5.74) is 0.403. The number of alkyl halides is 2. The third-order valence-electron chi connectivity index (χ3n) is 2.32. The maximum atomic E-state index is 12.0. The lowest BCUT2D eigenvalue weighted by molar-refractivity contribution is -0.0497. The highest BCUT2D eigenvalue weighted by Gasteiger charge is 2.06. The van der Waals surface area contributed by atoms with Crippen molar-refractivity contribution >= 4 is 11.7 Å². The minimum atomic E-state index is -2.88. The quantitative estimate of drug-likeness (QED) is 0.833. The predicted octanol–water partition coefficient (Wildman–Crippen LogP) is 3.46. The topological polar surface area (TPSA) is 50.4 Å². The molecule has 0 aromatic heterocycles. The molecule has 2 N–H and O–H groups in total. The Morgan fingerprint density at radius 3 is 2.74 bits per heavy atom. The van der Waals surface area contributed by atoms with Crippen molar-refractivity contribution in [1.82, 2.24) is 5.32 Å². The maximum Gasteiger partial charge on any atom is 0.387 e. The van der Waals surface area contributed by atoms with Crippen molar-refractivity contribution in [3.05, 3.63) is 24.3 Å². The SMILES string of the molecule is CC(C)CCNC(=O)Nc1cccc(OC(F)F)c1. The molecule has 0 aliphatic rings. The molecular formula is C13H18F2N2O2. The zero-order chi connectivity index (χ0) is 14.3. The fraction of sp³-hybridized carbons (Fsp3) is 0.462. The summed E-state index contributed by atoms with van der Waals surface area (Å²) >= 11 is 0. The number of hydrogen-bond donors (Lipinski definition) is 2. The van der Waals surface area contributed by atoms with Crippen molar-refractivity contribution in [3.8, 4) is 5.75 Å². The molecule has 0 saturated carbocycles. The summed E-state index contributed by atoms with van der Waals surface area (Å²) in [6.45, 7) is 1.81. The van der Waals surface area contributed by atoms with Crippen LogP contribution in [0.25, 0.3) is 0 Å². The second-order valence-electron chi connectivity index (χ2n) is 4.47. The van der Waals surface area contributed by atoms with Crippen LogP contribution < -0.4 is 15.4 Å². The van der Waals surface area contributed by atoms with Gasteiger partial charge in [0.05, 0.1) is 0 Å². The third-order valence-corrected chi connectivity index (χ3v) is 2.32. The summed E-state index contributed by atoms with van der Waals surface area (Å²) < 4.78 is 28.3. The number of ether oxygens (including phenoxy) is 1. The van der Waals surface area contributed by atoms with Gasteiger partial charge in [-0.3, -0.25) is 0 Å². The van der Waals surface area contributed by atoms with E-state index in [1.807, 2.05) is 0 Å². The van der Waals surface area contributed by atoms with Gasteiger partial charge in [0.15, 0.2) is 0 Å². The summed E-state index contributed by atoms with van der Waals surface area (Å²) in [6.07, 6.45) is 0.877. The Balaban J connectivity index is 2.45. The van der Waals surface area contributed by atoms with Crippen LogP contribution in [0.1, 0.15) is 20.3 Å². The van der Waals surface area contributed by atoms with E-state index in [-0.39, 0.29) is 11.8 Å². The van der Waals surface area contributed by atoms with Gasteiger partial charge in [0.2, 0.25) is 0 Å². The van der Waals surface area contributed by atoms with E-state index in [0.29, 0.717) is 18.2 Å². The Morgan fingerprint density at radius 2 is 2.11 bits per heavy atom. The van der Waals surface area contributed by atoms with Crippen LogP contribution in [0.3, 0.4) is 0 Å². The average Bonchev–Trinajstić information content (AvgIpc) is 2.27. The van der Waals surface area contributed by atoms with Gasteiger partial charge in [0.1, 0.15) is 5.75 Å². The van der Waals surface area contributed by atoms with Crippen molar-refractivity contribution in [2.75, 3.05) is 11.9 Å². The lowest BCUT2D eigenvalue weighted by Gasteiger charge is -2.10. The average molecular weight is 272 g/mol. The monoisotopic (exact) mass is 272 g/mol. The van der Waals surface area contributed by atoms with Crippen LogP contribution in [0.2, 0.25) is 0 Å². The van der Waals surface area contributed by atoms with Gasteiger partial charge in [-0.05, 0) is 24.5 Å². The van der Waals surface area contributed by atoms with Crippen molar-refractivity contribution in [1.29, 1.82) is 0 Å². The normalized spacial score (nSPS) is 10.6. The summed E-state index contributed by atoms with van der Waals surface area (Å²) in [4.78, 5) is 11.5. The number of rotatable bonds is 6. The van der Waals surface area contributed by atoms with Crippen molar-refractivity contribution in [2.24, 2.45) is 5.92 Å². The molecule has 0 radical (unpaired) electrons. The van der Waals surface area contributed by atoms with Crippen LogP contribution in [0.15, 0.2) is 24.3 Å². The molecule has 0 aliphatic heterocycles. The number of carbonyl (C=O) groups excluding carboxylic acids is 1. The van der Waals surface area contributed by atoms with Crippen LogP contribution in [-0.4, -0.2) is 19.2 Å². The summed E-state index contributed by atoms with van der Waals surface area (Å²) in [5, 5.41) is 5.24. The molecule has 106 valence electrons. The van der Waals surface area contributed by atoms with Gasteiger partial charge >= 0.3 is 12.6 Å². The molecule has 0 saturated heterocycles. The summed E-state index contributed by atoms with van der Waals surface area (Å²) in [5.74, 6) is 0.512. The highest BCUT2D eigenvalue weighted by atomic mass is 19.3. The molecule has 1 aromatic rings. The van der Waals surface area contributed by atoms with Gasteiger partial charge in [0.25, 0.3) is 0 Å². The Bertz CT molecular complexity index is 411. The fourth-order valence-corrected chi connectivity index (χ4v) is 1.40. The molecule has 0 heterocycles. The van der Waals surface area contributed by atoms with E-state index in [1.165, 1.54) is 18.2 Å². The maximum absolute atomic E-state index is 12.0. The third kappa shape index (κ3) is 6.59.